The number of nitrogens with one attached hydrogen (secondary N) is 2. The maximum Gasteiger partial charge on any atom is 0.251 e. The summed E-state index contributed by atoms with van der Waals surface area (Å²) in [7, 11) is 1.63. The number of carbonyl (C=O) groups is 2. The number of benzene rings is 2. The monoisotopic (exact) mass is 395 g/mol. The number of piperidine rings is 1. The fourth-order valence-corrected chi connectivity index (χ4v) is 3.57. The highest BCUT2D eigenvalue weighted by Gasteiger charge is 2.22. The van der Waals surface area contributed by atoms with Crippen molar-refractivity contribution in [2.24, 2.45) is 0 Å². The van der Waals surface area contributed by atoms with Gasteiger partial charge in [0.1, 0.15) is 5.75 Å². The molecule has 1 fully saturated rings. The van der Waals surface area contributed by atoms with Crippen molar-refractivity contribution in [3.8, 4) is 5.75 Å². The second-order valence-corrected chi connectivity index (χ2v) is 7.47. The molecule has 2 amide bonds. The van der Waals surface area contributed by atoms with Crippen LogP contribution in [0.2, 0.25) is 0 Å². The number of amides is 2. The van der Waals surface area contributed by atoms with Gasteiger partial charge in [-0.2, -0.15) is 0 Å². The number of ether oxygens (including phenoxy) is 1. The maximum atomic E-state index is 12.5. The third-order valence-electron chi connectivity index (χ3n) is 5.30. The van der Waals surface area contributed by atoms with Crippen molar-refractivity contribution in [2.45, 2.75) is 32.4 Å². The molecule has 0 aliphatic carbocycles. The first kappa shape index (κ1) is 20.9. The smallest absolute Gasteiger partial charge is 0.251 e. The number of methoxy groups -OCH3 is 1. The average molecular weight is 396 g/mol. The largest absolute Gasteiger partial charge is 0.497 e. The highest BCUT2D eigenvalue weighted by molar-refractivity contribution is 5.95. The average Bonchev–Trinajstić information content (AvgIpc) is 2.74. The lowest BCUT2D eigenvalue weighted by Crippen LogP contribution is -2.47. The molecule has 0 unspecified atom stereocenters. The Kier molecular flexibility index (Phi) is 7.25. The molecule has 1 heterocycles. The van der Waals surface area contributed by atoms with E-state index < -0.39 is 0 Å². The van der Waals surface area contributed by atoms with Gasteiger partial charge >= 0.3 is 0 Å². The zero-order valence-electron chi connectivity index (χ0n) is 17.1. The second kappa shape index (κ2) is 10.1. The fraction of sp³-hybridized carbons (Fsp3) is 0.391. The molecule has 0 radical (unpaired) electrons. The van der Waals surface area contributed by atoms with E-state index in [-0.39, 0.29) is 17.9 Å². The Balaban J connectivity index is 1.39. The minimum Gasteiger partial charge on any atom is -0.497 e. The molecule has 0 atom stereocenters. The Labute approximate surface area is 172 Å². The molecule has 6 heteroatoms. The van der Waals surface area contributed by atoms with Crippen LogP contribution in [-0.4, -0.2) is 49.5 Å². The highest BCUT2D eigenvalue weighted by Crippen LogP contribution is 2.14. The molecule has 0 bridgehead atoms. The van der Waals surface area contributed by atoms with Crippen molar-refractivity contribution >= 4 is 11.8 Å². The molecule has 1 aliphatic heterocycles. The summed E-state index contributed by atoms with van der Waals surface area (Å²) in [5.74, 6) is 0.777. The van der Waals surface area contributed by atoms with Gasteiger partial charge in [-0.1, -0.05) is 30.3 Å². The molecule has 0 saturated carbocycles. The van der Waals surface area contributed by atoms with E-state index in [1.54, 1.807) is 7.11 Å². The summed E-state index contributed by atoms with van der Waals surface area (Å²) in [6, 6.07) is 15.4. The molecule has 2 aromatic carbocycles. The zero-order chi connectivity index (χ0) is 20.6. The number of nitrogens with zero attached hydrogens (tertiary/aromatic N) is 1. The Bertz CT molecular complexity index is 845. The van der Waals surface area contributed by atoms with E-state index in [0.717, 1.165) is 48.4 Å². The van der Waals surface area contributed by atoms with Gasteiger partial charge in [0.2, 0.25) is 5.91 Å². The second-order valence-electron chi connectivity index (χ2n) is 7.47. The van der Waals surface area contributed by atoms with Gasteiger partial charge in [0.25, 0.3) is 5.91 Å². The Hall–Kier alpha value is -2.86. The molecule has 0 aromatic heterocycles. The van der Waals surface area contributed by atoms with Gasteiger partial charge in [-0.25, -0.2) is 0 Å². The first-order valence-electron chi connectivity index (χ1n) is 10.0. The number of likely N-dealkylation sites (tertiary alicyclic amines) is 1. The van der Waals surface area contributed by atoms with Gasteiger partial charge in [0.15, 0.2) is 0 Å². The highest BCUT2D eigenvalue weighted by atomic mass is 16.5. The van der Waals surface area contributed by atoms with Crippen molar-refractivity contribution in [1.82, 2.24) is 15.5 Å². The lowest BCUT2D eigenvalue weighted by molar-refractivity contribution is -0.122. The summed E-state index contributed by atoms with van der Waals surface area (Å²) in [5.41, 5.74) is 2.72. The van der Waals surface area contributed by atoms with E-state index in [2.05, 4.69) is 15.5 Å². The maximum absolute atomic E-state index is 12.5. The van der Waals surface area contributed by atoms with Crippen LogP contribution in [0.15, 0.2) is 48.5 Å². The molecule has 1 saturated heterocycles. The molecule has 6 nitrogen and oxygen atoms in total. The van der Waals surface area contributed by atoms with Crippen LogP contribution in [0.5, 0.6) is 5.75 Å². The first-order chi connectivity index (χ1) is 14.0. The normalized spacial score (nSPS) is 15.0. The van der Waals surface area contributed by atoms with Gasteiger partial charge in [0, 0.05) is 31.2 Å². The zero-order valence-corrected chi connectivity index (χ0v) is 17.1. The Morgan fingerprint density at radius 3 is 2.59 bits per heavy atom. The van der Waals surface area contributed by atoms with Gasteiger partial charge in [-0.05, 0) is 49.1 Å². The molecular weight excluding hydrogens is 366 g/mol. The predicted molar refractivity (Wildman–Crippen MR) is 113 cm³/mol. The lowest BCUT2D eigenvalue weighted by Gasteiger charge is -2.32. The number of carbonyl (C=O) groups excluding carboxylic acids is 2. The molecule has 154 valence electrons. The van der Waals surface area contributed by atoms with E-state index in [4.69, 9.17) is 4.74 Å². The van der Waals surface area contributed by atoms with E-state index in [1.165, 1.54) is 0 Å². The number of aryl methyl sites for hydroxylation is 1. The molecule has 29 heavy (non-hydrogen) atoms. The summed E-state index contributed by atoms with van der Waals surface area (Å²) in [6.07, 6.45) is 1.70. The summed E-state index contributed by atoms with van der Waals surface area (Å²) < 4.78 is 5.20. The summed E-state index contributed by atoms with van der Waals surface area (Å²) in [5, 5.41) is 6.09. The van der Waals surface area contributed by atoms with Crippen LogP contribution in [0.25, 0.3) is 0 Å². The number of hydrogen-bond donors (Lipinski definition) is 2. The lowest BCUT2D eigenvalue weighted by atomic mass is 10.0. The Morgan fingerprint density at radius 1 is 1.10 bits per heavy atom. The minimum atomic E-state index is -0.0161. The molecule has 0 spiro atoms. The Morgan fingerprint density at radius 2 is 1.86 bits per heavy atom. The fourth-order valence-electron chi connectivity index (χ4n) is 3.57. The van der Waals surface area contributed by atoms with Gasteiger partial charge in [-0.15, -0.1) is 0 Å². The topological polar surface area (TPSA) is 70.7 Å². The van der Waals surface area contributed by atoms with Crippen LogP contribution < -0.4 is 15.4 Å². The van der Waals surface area contributed by atoms with Crippen molar-refractivity contribution in [2.75, 3.05) is 26.7 Å². The van der Waals surface area contributed by atoms with E-state index >= 15 is 0 Å². The van der Waals surface area contributed by atoms with Crippen LogP contribution in [0.3, 0.4) is 0 Å². The van der Waals surface area contributed by atoms with Gasteiger partial charge < -0.3 is 15.4 Å². The van der Waals surface area contributed by atoms with Gasteiger partial charge in [-0.3, -0.25) is 14.5 Å². The van der Waals surface area contributed by atoms with Crippen molar-refractivity contribution in [3.05, 3.63) is 65.2 Å². The number of hydrogen-bond acceptors (Lipinski definition) is 4. The van der Waals surface area contributed by atoms with Crippen LogP contribution in [0, 0.1) is 6.92 Å². The quantitative estimate of drug-likeness (QED) is 0.756. The predicted octanol–water partition coefficient (Wildman–Crippen LogP) is 2.51. The summed E-state index contributed by atoms with van der Waals surface area (Å²) in [4.78, 5) is 26.9. The van der Waals surface area contributed by atoms with E-state index in [9.17, 15) is 9.59 Å². The van der Waals surface area contributed by atoms with E-state index in [0.29, 0.717) is 13.1 Å². The number of rotatable bonds is 7. The van der Waals surface area contributed by atoms with Gasteiger partial charge in [0.05, 0.1) is 13.7 Å². The standard InChI is InChI=1S/C23H29N3O3/c1-17-6-3-4-9-21(17)23(28)25-19-10-12-26(13-11-19)16-22(27)24-15-18-7-5-8-20(14-18)29-2/h3-9,14,19H,10-13,15-16H2,1-2H3,(H,24,27)(H,25,28). The molecule has 2 aromatic rings. The van der Waals surface area contributed by atoms with Crippen LogP contribution >= 0.6 is 0 Å². The van der Waals surface area contributed by atoms with Crippen LogP contribution in [0.4, 0.5) is 0 Å². The van der Waals surface area contributed by atoms with Crippen LogP contribution in [-0.2, 0) is 11.3 Å². The van der Waals surface area contributed by atoms with Crippen molar-refractivity contribution < 1.29 is 14.3 Å². The summed E-state index contributed by atoms with van der Waals surface area (Å²) >= 11 is 0. The summed E-state index contributed by atoms with van der Waals surface area (Å²) in [6.45, 7) is 4.40. The molecule has 1 aliphatic rings. The molecular formula is C23H29N3O3. The third kappa shape index (κ3) is 6.06. The van der Waals surface area contributed by atoms with E-state index in [1.807, 2.05) is 55.5 Å². The van der Waals surface area contributed by atoms with Crippen molar-refractivity contribution in [1.29, 1.82) is 0 Å². The molecule has 2 N–H and O–H groups in total. The van der Waals surface area contributed by atoms with Crippen molar-refractivity contribution in [3.63, 3.8) is 0 Å². The SMILES string of the molecule is COc1cccc(CNC(=O)CN2CCC(NC(=O)c3ccccc3C)CC2)c1. The minimum absolute atomic E-state index is 0.00946. The molecule has 3 rings (SSSR count). The third-order valence-corrected chi connectivity index (χ3v) is 5.30. The van der Waals surface area contributed by atoms with Crippen LogP contribution in [0.1, 0.15) is 34.3 Å². The first-order valence-corrected chi connectivity index (χ1v) is 10.0.